The van der Waals surface area contributed by atoms with Crippen molar-refractivity contribution in [3.05, 3.63) is 30.4 Å². The lowest BCUT2D eigenvalue weighted by Gasteiger charge is -2.28. The second kappa shape index (κ2) is 10.1. The van der Waals surface area contributed by atoms with Gasteiger partial charge in [-0.25, -0.2) is 8.42 Å². The van der Waals surface area contributed by atoms with Crippen molar-refractivity contribution in [3.63, 3.8) is 0 Å². The van der Waals surface area contributed by atoms with E-state index in [1.165, 1.54) is 6.07 Å². The minimum absolute atomic E-state index is 0.0568. The Balaban J connectivity index is 3.55. The molecule has 0 saturated carbocycles. The molecule has 0 atom stereocenters. The summed E-state index contributed by atoms with van der Waals surface area (Å²) in [4.78, 5) is 2.18. The van der Waals surface area contributed by atoms with Crippen LogP contribution in [0.5, 0.6) is 5.75 Å². The van der Waals surface area contributed by atoms with Gasteiger partial charge in [-0.1, -0.05) is 39.3 Å². The van der Waals surface area contributed by atoms with Crippen LogP contribution in [0.25, 0.3) is 0 Å². The molecule has 0 aromatic heterocycles. The van der Waals surface area contributed by atoms with Gasteiger partial charge in [0.15, 0.2) is 15.6 Å². The number of rotatable bonds is 11. The van der Waals surface area contributed by atoms with Gasteiger partial charge < -0.3 is 9.64 Å². The number of hydrogen-bond acceptors (Lipinski definition) is 5. The highest BCUT2D eigenvalue weighted by Crippen LogP contribution is 2.37. The van der Waals surface area contributed by atoms with Crippen molar-refractivity contribution in [3.8, 4) is 11.8 Å². The SMILES string of the molecule is C=CCOc1c(N(CCCC)CCCC)cc(C#N)cc1S(C)(=O)=O. The maximum atomic E-state index is 12.3. The number of unbranched alkanes of at least 4 members (excludes halogenated alkanes) is 2. The first-order valence-corrected chi connectivity index (χ1v) is 10.5. The summed E-state index contributed by atoms with van der Waals surface area (Å²) in [5, 5.41) is 9.33. The number of benzene rings is 1. The molecule has 1 rings (SSSR count). The zero-order valence-corrected chi connectivity index (χ0v) is 16.2. The molecule has 0 unspecified atom stereocenters. The quantitative estimate of drug-likeness (QED) is 0.556. The first-order valence-electron chi connectivity index (χ1n) is 8.65. The Hall–Kier alpha value is -2.00. The Morgan fingerprint density at radius 1 is 1.24 bits per heavy atom. The lowest BCUT2D eigenvalue weighted by molar-refractivity contribution is 0.353. The average Bonchev–Trinajstić information content (AvgIpc) is 2.58. The van der Waals surface area contributed by atoms with E-state index in [1.54, 1.807) is 12.1 Å². The van der Waals surface area contributed by atoms with Gasteiger partial charge in [0, 0.05) is 19.3 Å². The van der Waals surface area contributed by atoms with E-state index in [1.807, 2.05) is 0 Å². The molecule has 1 aromatic rings. The molecule has 0 fully saturated rings. The fraction of sp³-hybridized carbons (Fsp3) is 0.526. The van der Waals surface area contributed by atoms with Gasteiger partial charge in [0.2, 0.25) is 0 Å². The molecule has 0 radical (unpaired) electrons. The minimum atomic E-state index is -3.53. The minimum Gasteiger partial charge on any atom is -0.486 e. The molecule has 0 amide bonds. The molecule has 0 aliphatic carbocycles. The number of hydrogen-bond donors (Lipinski definition) is 0. The first kappa shape index (κ1) is 21.0. The maximum absolute atomic E-state index is 12.3. The van der Waals surface area contributed by atoms with Crippen molar-refractivity contribution < 1.29 is 13.2 Å². The molecule has 0 aliphatic heterocycles. The molecule has 0 aliphatic rings. The van der Waals surface area contributed by atoms with Crippen LogP contribution in [0.2, 0.25) is 0 Å². The Morgan fingerprint density at radius 2 is 1.84 bits per heavy atom. The summed E-state index contributed by atoms with van der Waals surface area (Å²) in [6.45, 7) is 9.64. The van der Waals surface area contributed by atoms with Crippen molar-refractivity contribution in [1.29, 1.82) is 5.26 Å². The normalized spacial score (nSPS) is 11.0. The van der Waals surface area contributed by atoms with Crippen LogP contribution in [0.4, 0.5) is 5.69 Å². The predicted octanol–water partition coefficient (Wildman–Crippen LogP) is 3.93. The first-order chi connectivity index (χ1) is 11.9. The van der Waals surface area contributed by atoms with Crippen LogP contribution in [0.3, 0.4) is 0 Å². The van der Waals surface area contributed by atoms with Gasteiger partial charge in [0.05, 0.1) is 17.3 Å². The van der Waals surface area contributed by atoms with Gasteiger partial charge in [-0.15, -0.1) is 0 Å². The van der Waals surface area contributed by atoms with E-state index >= 15 is 0 Å². The topological polar surface area (TPSA) is 70.4 Å². The molecule has 25 heavy (non-hydrogen) atoms. The fourth-order valence-electron chi connectivity index (χ4n) is 2.50. The Morgan fingerprint density at radius 3 is 2.28 bits per heavy atom. The Bertz CT molecular complexity index is 713. The average molecular weight is 365 g/mol. The number of nitrogens with zero attached hydrogens (tertiary/aromatic N) is 2. The third kappa shape index (κ3) is 6.09. The molecular weight excluding hydrogens is 336 g/mol. The van der Waals surface area contributed by atoms with Gasteiger partial charge in [0.25, 0.3) is 0 Å². The number of nitriles is 1. The predicted molar refractivity (Wildman–Crippen MR) is 102 cm³/mol. The summed E-state index contributed by atoms with van der Waals surface area (Å²) in [7, 11) is -3.53. The van der Waals surface area contributed by atoms with Crippen molar-refractivity contribution in [2.24, 2.45) is 0 Å². The monoisotopic (exact) mass is 364 g/mol. The van der Waals surface area contributed by atoms with E-state index in [4.69, 9.17) is 4.74 Å². The molecule has 6 heteroatoms. The smallest absolute Gasteiger partial charge is 0.179 e. The summed E-state index contributed by atoms with van der Waals surface area (Å²) in [5.74, 6) is 0.314. The lowest BCUT2D eigenvalue weighted by atomic mass is 10.1. The van der Waals surface area contributed by atoms with Crippen molar-refractivity contribution in [2.45, 2.75) is 44.4 Å². The zero-order valence-electron chi connectivity index (χ0n) is 15.4. The fourth-order valence-corrected chi connectivity index (χ4v) is 3.34. The van der Waals surface area contributed by atoms with Crippen LogP contribution < -0.4 is 9.64 Å². The molecular formula is C19H28N2O3S. The summed E-state index contributed by atoms with van der Waals surface area (Å²) in [6, 6.07) is 5.17. The largest absolute Gasteiger partial charge is 0.486 e. The molecule has 0 saturated heterocycles. The van der Waals surface area contributed by atoms with Gasteiger partial charge in [-0.3, -0.25) is 0 Å². The van der Waals surface area contributed by atoms with Crippen LogP contribution >= 0.6 is 0 Å². The molecule has 0 bridgehead atoms. The lowest BCUT2D eigenvalue weighted by Crippen LogP contribution is -2.27. The van der Waals surface area contributed by atoms with E-state index in [0.29, 0.717) is 17.0 Å². The molecule has 1 aromatic carbocycles. The zero-order chi connectivity index (χ0) is 18.9. The van der Waals surface area contributed by atoms with Gasteiger partial charge in [0.1, 0.15) is 11.5 Å². The number of anilines is 1. The van der Waals surface area contributed by atoms with Gasteiger partial charge in [-0.05, 0) is 25.0 Å². The van der Waals surface area contributed by atoms with Crippen molar-refractivity contribution >= 4 is 15.5 Å². The van der Waals surface area contributed by atoms with E-state index in [-0.39, 0.29) is 11.5 Å². The van der Waals surface area contributed by atoms with Gasteiger partial charge in [-0.2, -0.15) is 5.26 Å². The summed E-state index contributed by atoms with van der Waals surface area (Å²) >= 11 is 0. The summed E-state index contributed by atoms with van der Waals surface area (Å²) < 4.78 is 30.2. The maximum Gasteiger partial charge on any atom is 0.179 e. The van der Waals surface area contributed by atoms with Crippen molar-refractivity contribution in [1.82, 2.24) is 0 Å². The van der Waals surface area contributed by atoms with E-state index in [9.17, 15) is 13.7 Å². The third-order valence-electron chi connectivity index (χ3n) is 3.81. The van der Waals surface area contributed by atoms with Crippen LogP contribution in [-0.2, 0) is 9.84 Å². The van der Waals surface area contributed by atoms with Crippen molar-refractivity contribution in [2.75, 3.05) is 30.9 Å². The Kier molecular flexibility index (Phi) is 8.50. The molecule has 138 valence electrons. The Labute approximate surface area is 151 Å². The molecule has 5 nitrogen and oxygen atoms in total. The van der Waals surface area contributed by atoms with E-state index < -0.39 is 9.84 Å². The second-order valence-electron chi connectivity index (χ2n) is 6.00. The second-order valence-corrected chi connectivity index (χ2v) is 7.98. The molecule has 0 heterocycles. The van der Waals surface area contributed by atoms with Crippen LogP contribution in [0.15, 0.2) is 29.7 Å². The summed E-state index contributed by atoms with van der Waals surface area (Å²) in [5.41, 5.74) is 0.989. The standard InChI is InChI=1S/C19H28N2O3S/c1-5-8-10-21(11-9-6-2)17-13-16(15-20)14-18(25(4,22)23)19(17)24-12-7-3/h7,13-14H,3,5-6,8-12H2,1-2,4H3. The highest BCUT2D eigenvalue weighted by molar-refractivity contribution is 7.90. The van der Waals surface area contributed by atoms with Crippen LogP contribution in [0, 0.1) is 11.3 Å². The van der Waals surface area contributed by atoms with E-state index in [2.05, 4.69) is 31.4 Å². The third-order valence-corrected chi connectivity index (χ3v) is 4.92. The summed E-state index contributed by atoms with van der Waals surface area (Å²) in [6.07, 6.45) is 6.74. The number of ether oxygens (including phenoxy) is 1. The highest BCUT2D eigenvalue weighted by atomic mass is 32.2. The molecule has 0 N–H and O–H groups in total. The molecule has 0 spiro atoms. The van der Waals surface area contributed by atoms with Crippen LogP contribution in [-0.4, -0.2) is 34.4 Å². The van der Waals surface area contributed by atoms with Gasteiger partial charge >= 0.3 is 0 Å². The van der Waals surface area contributed by atoms with Crippen LogP contribution in [0.1, 0.15) is 45.1 Å². The van der Waals surface area contributed by atoms with E-state index in [0.717, 1.165) is 45.0 Å². The number of sulfone groups is 1. The highest BCUT2D eigenvalue weighted by Gasteiger charge is 2.23.